The first-order valence-corrected chi connectivity index (χ1v) is 10.5. The SMILES string of the molecule is CC1C(C)(C)OC(C)(C)OC1(C)CCC1(C)OC(C)(C)OC(C)(C)C1(C)C. The van der Waals surface area contributed by atoms with Gasteiger partial charge in [-0.25, -0.2) is 0 Å². The molecule has 4 nitrogen and oxygen atoms in total. The van der Waals surface area contributed by atoms with Crippen molar-refractivity contribution in [3.8, 4) is 0 Å². The van der Waals surface area contributed by atoms with E-state index in [2.05, 4.69) is 62.3 Å². The summed E-state index contributed by atoms with van der Waals surface area (Å²) >= 11 is 0. The van der Waals surface area contributed by atoms with Gasteiger partial charge in [0.05, 0.1) is 22.4 Å². The van der Waals surface area contributed by atoms with Crippen LogP contribution in [0.15, 0.2) is 0 Å². The van der Waals surface area contributed by atoms with Gasteiger partial charge in [-0.3, -0.25) is 0 Å². The van der Waals surface area contributed by atoms with E-state index in [1.54, 1.807) is 0 Å². The maximum atomic E-state index is 6.58. The van der Waals surface area contributed by atoms with E-state index in [1.165, 1.54) is 0 Å². The van der Waals surface area contributed by atoms with E-state index in [4.69, 9.17) is 18.9 Å². The second kappa shape index (κ2) is 6.17. The molecule has 2 aliphatic heterocycles. The first-order valence-electron chi connectivity index (χ1n) is 10.5. The highest BCUT2D eigenvalue weighted by atomic mass is 16.7. The van der Waals surface area contributed by atoms with E-state index in [1.807, 2.05) is 27.7 Å². The minimum absolute atomic E-state index is 0.161. The van der Waals surface area contributed by atoms with Crippen LogP contribution in [-0.4, -0.2) is 34.0 Å². The molecule has 0 amide bonds. The summed E-state index contributed by atoms with van der Waals surface area (Å²) in [6.45, 7) is 28.0. The lowest BCUT2D eigenvalue weighted by Crippen LogP contribution is -2.67. The van der Waals surface area contributed by atoms with E-state index in [-0.39, 0.29) is 33.7 Å². The van der Waals surface area contributed by atoms with Crippen LogP contribution in [0.3, 0.4) is 0 Å². The van der Waals surface area contributed by atoms with Crippen molar-refractivity contribution in [2.45, 2.75) is 137 Å². The van der Waals surface area contributed by atoms with Crippen LogP contribution in [-0.2, 0) is 18.9 Å². The minimum Gasteiger partial charge on any atom is -0.344 e. The molecule has 0 spiro atoms. The van der Waals surface area contributed by atoms with Crippen LogP contribution in [0.25, 0.3) is 0 Å². The molecular weight excluding hydrogens is 340 g/mol. The molecule has 0 aromatic carbocycles. The molecule has 0 saturated carbocycles. The molecule has 4 heteroatoms. The molecule has 27 heavy (non-hydrogen) atoms. The highest BCUT2D eigenvalue weighted by Crippen LogP contribution is 2.56. The Hall–Kier alpha value is -0.160. The number of rotatable bonds is 3. The average Bonchev–Trinajstić information content (AvgIpc) is 2.38. The third kappa shape index (κ3) is 3.97. The van der Waals surface area contributed by atoms with E-state index >= 15 is 0 Å². The van der Waals surface area contributed by atoms with Gasteiger partial charge >= 0.3 is 0 Å². The Balaban J connectivity index is 2.32. The number of hydrogen-bond donors (Lipinski definition) is 0. The number of ether oxygens (including phenoxy) is 4. The summed E-state index contributed by atoms with van der Waals surface area (Å²) in [5, 5.41) is 0. The van der Waals surface area contributed by atoms with Gasteiger partial charge in [0.25, 0.3) is 0 Å². The third-order valence-electron chi connectivity index (χ3n) is 7.84. The van der Waals surface area contributed by atoms with Crippen LogP contribution < -0.4 is 0 Å². The zero-order chi connectivity index (χ0) is 21.3. The standard InChI is InChI=1S/C23H44O4/c1-16-17(2,3)24-20(8,9)26-22(16,12)14-15-23(13)18(4,5)19(6,7)25-21(10,11)27-23/h16H,14-15H2,1-13H3. The second-order valence-electron chi connectivity index (χ2n) is 11.7. The van der Waals surface area contributed by atoms with Crippen LogP contribution in [0, 0.1) is 11.3 Å². The molecule has 2 saturated heterocycles. The largest absolute Gasteiger partial charge is 0.344 e. The van der Waals surface area contributed by atoms with Crippen molar-refractivity contribution in [1.29, 1.82) is 0 Å². The van der Waals surface area contributed by atoms with E-state index in [9.17, 15) is 0 Å². The molecular formula is C23H44O4. The molecule has 2 fully saturated rings. The summed E-state index contributed by atoms with van der Waals surface area (Å²) in [6, 6.07) is 0. The monoisotopic (exact) mass is 384 g/mol. The molecule has 0 aromatic rings. The second-order valence-corrected chi connectivity index (χ2v) is 11.7. The summed E-state index contributed by atoms with van der Waals surface area (Å²) < 4.78 is 25.6. The summed E-state index contributed by atoms with van der Waals surface area (Å²) in [5.74, 6) is -0.961. The van der Waals surface area contributed by atoms with Gasteiger partial charge in [-0.2, -0.15) is 0 Å². The van der Waals surface area contributed by atoms with Crippen molar-refractivity contribution in [3.05, 3.63) is 0 Å². The Labute approximate surface area is 167 Å². The molecule has 0 radical (unpaired) electrons. The zero-order valence-electron chi connectivity index (χ0n) is 20.1. The maximum Gasteiger partial charge on any atom is 0.164 e. The van der Waals surface area contributed by atoms with Gasteiger partial charge in [0, 0.05) is 11.3 Å². The summed E-state index contributed by atoms with van der Waals surface area (Å²) in [6.07, 6.45) is 1.79. The van der Waals surface area contributed by atoms with E-state index in [0.29, 0.717) is 0 Å². The van der Waals surface area contributed by atoms with Crippen molar-refractivity contribution in [2.24, 2.45) is 11.3 Å². The molecule has 3 unspecified atom stereocenters. The average molecular weight is 385 g/mol. The smallest absolute Gasteiger partial charge is 0.164 e. The predicted molar refractivity (Wildman–Crippen MR) is 110 cm³/mol. The van der Waals surface area contributed by atoms with Crippen LogP contribution >= 0.6 is 0 Å². The van der Waals surface area contributed by atoms with Crippen LogP contribution in [0.4, 0.5) is 0 Å². The Morgan fingerprint density at radius 1 is 0.593 bits per heavy atom. The fraction of sp³-hybridized carbons (Fsp3) is 1.00. The van der Waals surface area contributed by atoms with Crippen LogP contribution in [0.1, 0.15) is 103 Å². The Morgan fingerprint density at radius 2 is 1.07 bits per heavy atom. The third-order valence-corrected chi connectivity index (χ3v) is 7.84. The van der Waals surface area contributed by atoms with E-state index < -0.39 is 11.6 Å². The van der Waals surface area contributed by atoms with Gasteiger partial charge in [-0.05, 0) is 82.1 Å². The lowest BCUT2D eigenvalue weighted by Gasteiger charge is -2.62. The minimum atomic E-state index is -0.616. The van der Waals surface area contributed by atoms with Crippen LogP contribution in [0.5, 0.6) is 0 Å². The maximum absolute atomic E-state index is 6.58. The Bertz CT molecular complexity index is 575. The molecule has 0 aliphatic carbocycles. The van der Waals surface area contributed by atoms with E-state index in [0.717, 1.165) is 12.8 Å². The quantitative estimate of drug-likeness (QED) is 0.592. The van der Waals surface area contributed by atoms with Gasteiger partial charge in [-0.15, -0.1) is 0 Å². The van der Waals surface area contributed by atoms with Gasteiger partial charge < -0.3 is 18.9 Å². The fourth-order valence-corrected chi connectivity index (χ4v) is 5.32. The molecule has 0 N–H and O–H groups in total. The topological polar surface area (TPSA) is 36.9 Å². The summed E-state index contributed by atoms with van der Waals surface area (Å²) in [7, 11) is 0. The molecule has 3 atom stereocenters. The van der Waals surface area contributed by atoms with Crippen molar-refractivity contribution in [1.82, 2.24) is 0 Å². The van der Waals surface area contributed by atoms with Crippen molar-refractivity contribution in [3.63, 3.8) is 0 Å². The van der Waals surface area contributed by atoms with Gasteiger partial charge in [0.2, 0.25) is 0 Å². The molecule has 160 valence electrons. The summed E-state index contributed by atoms with van der Waals surface area (Å²) in [5.41, 5.74) is -1.34. The molecule has 0 aromatic heterocycles. The lowest BCUT2D eigenvalue weighted by molar-refractivity contribution is -0.408. The highest BCUT2D eigenvalue weighted by Gasteiger charge is 2.61. The predicted octanol–water partition coefficient (Wildman–Crippen LogP) is 6.07. The lowest BCUT2D eigenvalue weighted by atomic mass is 9.61. The normalized spacial score (nSPS) is 41.9. The van der Waals surface area contributed by atoms with Crippen molar-refractivity contribution >= 4 is 0 Å². The number of hydrogen-bond acceptors (Lipinski definition) is 4. The van der Waals surface area contributed by atoms with Crippen molar-refractivity contribution in [2.75, 3.05) is 0 Å². The first kappa shape index (κ1) is 23.1. The Kier molecular flexibility index (Phi) is 5.28. The molecule has 2 rings (SSSR count). The van der Waals surface area contributed by atoms with Gasteiger partial charge in [-0.1, -0.05) is 20.8 Å². The molecule has 2 aliphatic rings. The first-order chi connectivity index (χ1) is 11.7. The highest BCUT2D eigenvalue weighted by molar-refractivity contribution is 5.07. The molecule has 2 heterocycles. The summed E-state index contributed by atoms with van der Waals surface area (Å²) in [4.78, 5) is 0. The van der Waals surface area contributed by atoms with Gasteiger partial charge in [0.15, 0.2) is 11.6 Å². The van der Waals surface area contributed by atoms with Crippen molar-refractivity contribution < 1.29 is 18.9 Å². The van der Waals surface area contributed by atoms with Crippen LogP contribution in [0.2, 0.25) is 0 Å². The zero-order valence-corrected chi connectivity index (χ0v) is 20.1. The molecule has 0 bridgehead atoms. The fourth-order valence-electron chi connectivity index (χ4n) is 5.32. The Morgan fingerprint density at radius 3 is 1.59 bits per heavy atom. The van der Waals surface area contributed by atoms with Gasteiger partial charge in [0.1, 0.15) is 0 Å².